The van der Waals surface area contributed by atoms with Crippen molar-refractivity contribution in [3.8, 4) is 0 Å². The Balaban J connectivity index is 2.22. The maximum atomic E-state index is 11.5. The number of ketones is 1. The molecule has 0 radical (unpaired) electrons. The fourth-order valence-electron chi connectivity index (χ4n) is 1.87. The van der Waals surface area contributed by atoms with Crippen LogP contribution in [0.5, 0.6) is 0 Å². The summed E-state index contributed by atoms with van der Waals surface area (Å²) in [7, 11) is 0. The van der Waals surface area contributed by atoms with Gasteiger partial charge in [0, 0.05) is 25.6 Å². The average molecular weight is 213 g/mol. The summed E-state index contributed by atoms with van der Waals surface area (Å²) in [5.41, 5.74) is 0. The molecule has 1 rings (SSSR count). The SMILES string of the molecule is CCOC1CCN(CC(=O)C(C)C)CC1. The molecule has 0 saturated carbocycles. The lowest BCUT2D eigenvalue weighted by molar-refractivity contribution is -0.123. The minimum absolute atomic E-state index is 0.162. The van der Waals surface area contributed by atoms with Crippen LogP contribution in [0, 0.1) is 5.92 Å². The topological polar surface area (TPSA) is 29.5 Å². The number of ether oxygens (including phenoxy) is 1. The van der Waals surface area contributed by atoms with Gasteiger partial charge in [0.15, 0.2) is 0 Å². The van der Waals surface area contributed by atoms with E-state index in [0.29, 0.717) is 18.4 Å². The van der Waals surface area contributed by atoms with E-state index in [-0.39, 0.29) is 5.92 Å². The van der Waals surface area contributed by atoms with Crippen molar-refractivity contribution in [2.24, 2.45) is 5.92 Å². The summed E-state index contributed by atoms with van der Waals surface area (Å²) in [4.78, 5) is 13.8. The molecule has 0 spiro atoms. The zero-order valence-electron chi connectivity index (χ0n) is 10.2. The summed E-state index contributed by atoms with van der Waals surface area (Å²) < 4.78 is 5.57. The van der Waals surface area contributed by atoms with Crippen molar-refractivity contribution in [3.05, 3.63) is 0 Å². The molecule has 0 amide bonds. The minimum atomic E-state index is 0.162. The number of carbonyl (C=O) groups excluding carboxylic acids is 1. The third-order valence-corrected chi connectivity index (χ3v) is 2.96. The number of carbonyl (C=O) groups is 1. The molecular formula is C12H23NO2. The van der Waals surface area contributed by atoms with Crippen molar-refractivity contribution >= 4 is 5.78 Å². The molecule has 0 N–H and O–H groups in total. The van der Waals surface area contributed by atoms with Crippen LogP contribution in [0.2, 0.25) is 0 Å². The highest BCUT2D eigenvalue weighted by Crippen LogP contribution is 2.13. The minimum Gasteiger partial charge on any atom is -0.378 e. The van der Waals surface area contributed by atoms with Crippen molar-refractivity contribution in [3.63, 3.8) is 0 Å². The number of hydrogen-bond donors (Lipinski definition) is 0. The second-order valence-corrected chi connectivity index (χ2v) is 4.55. The predicted octanol–water partition coefficient (Wildman–Crippen LogP) is 1.71. The van der Waals surface area contributed by atoms with Crippen molar-refractivity contribution in [2.45, 2.75) is 39.7 Å². The van der Waals surface area contributed by atoms with E-state index < -0.39 is 0 Å². The van der Waals surface area contributed by atoms with E-state index in [4.69, 9.17) is 4.74 Å². The molecule has 3 nitrogen and oxygen atoms in total. The molecule has 0 aromatic carbocycles. The molecule has 3 heteroatoms. The molecule has 1 aliphatic heterocycles. The molecule has 0 aromatic heterocycles. The van der Waals surface area contributed by atoms with Crippen molar-refractivity contribution in [2.75, 3.05) is 26.2 Å². The highest BCUT2D eigenvalue weighted by molar-refractivity contribution is 5.82. The summed E-state index contributed by atoms with van der Waals surface area (Å²) in [5.74, 6) is 0.513. The largest absolute Gasteiger partial charge is 0.378 e. The number of likely N-dealkylation sites (tertiary alicyclic amines) is 1. The first-order valence-electron chi connectivity index (χ1n) is 6.00. The van der Waals surface area contributed by atoms with Crippen LogP contribution in [0.3, 0.4) is 0 Å². The van der Waals surface area contributed by atoms with Crippen LogP contribution in [-0.2, 0) is 9.53 Å². The lowest BCUT2D eigenvalue weighted by atomic mass is 10.0. The van der Waals surface area contributed by atoms with Gasteiger partial charge in [-0.05, 0) is 19.8 Å². The smallest absolute Gasteiger partial charge is 0.149 e. The Kier molecular flexibility index (Phi) is 5.26. The van der Waals surface area contributed by atoms with Gasteiger partial charge in [-0.1, -0.05) is 13.8 Å². The fraction of sp³-hybridized carbons (Fsp3) is 0.917. The molecule has 1 heterocycles. The van der Waals surface area contributed by atoms with Gasteiger partial charge >= 0.3 is 0 Å². The standard InChI is InChI=1S/C12H23NO2/c1-4-15-11-5-7-13(8-6-11)9-12(14)10(2)3/h10-11H,4-9H2,1-3H3. The molecule has 0 unspecified atom stereocenters. The molecule has 88 valence electrons. The Morgan fingerprint density at radius 3 is 2.47 bits per heavy atom. The Hall–Kier alpha value is -0.410. The van der Waals surface area contributed by atoms with Crippen LogP contribution < -0.4 is 0 Å². The van der Waals surface area contributed by atoms with Gasteiger partial charge in [-0.25, -0.2) is 0 Å². The monoisotopic (exact) mass is 213 g/mol. The van der Waals surface area contributed by atoms with E-state index in [1.54, 1.807) is 0 Å². The van der Waals surface area contributed by atoms with E-state index in [2.05, 4.69) is 4.90 Å². The number of nitrogens with zero attached hydrogens (tertiary/aromatic N) is 1. The molecule has 1 saturated heterocycles. The van der Waals surface area contributed by atoms with E-state index in [0.717, 1.165) is 32.5 Å². The van der Waals surface area contributed by atoms with Gasteiger partial charge in [0.2, 0.25) is 0 Å². The van der Waals surface area contributed by atoms with Crippen molar-refractivity contribution < 1.29 is 9.53 Å². The highest BCUT2D eigenvalue weighted by Gasteiger charge is 2.21. The summed E-state index contributed by atoms with van der Waals surface area (Å²) in [6, 6.07) is 0. The van der Waals surface area contributed by atoms with E-state index in [1.807, 2.05) is 20.8 Å². The molecule has 1 fully saturated rings. The Bertz CT molecular complexity index is 196. The van der Waals surface area contributed by atoms with Gasteiger partial charge < -0.3 is 4.74 Å². The number of hydrogen-bond acceptors (Lipinski definition) is 3. The first kappa shape index (κ1) is 12.7. The van der Waals surface area contributed by atoms with Crippen LogP contribution in [-0.4, -0.2) is 43.0 Å². The van der Waals surface area contributed by atoms with Crippen LogP contribution >= 0.6 is 0 Å². The fourth-order valence-corrected chi connectivity index (χ4v) is 1.87. The number of piperidine rings is 1. The second-order valence-electron chi connectivity index (χ2n) is 4.55. The number of Topliss-reactive ketones (excluding diaryl/α,β-unsaturated/α-hetero) is 1. The maximum Gasteiger partial charge on any atom is 0.149 e. The van der Waals surface area contributed by atoms with Crippen LogP contribution in [0.15, 0.2) is 0 Å². The lowest BCUT2D eigenvalue weighted by Gasteiger charge is -2.31. The van der Waals surface area contributed by atoms with Gasteiger partial charge in [0.25, 0.3) is 0 Å². The van der Waals surface area contributed by atoms with Gasteiger partial charge in [-0.3, -0.25) is 9.69 Å². The first-order chi connectivity index (χ1) is 7.13. The van der Waals surface area contributed by atoms with Crippen LogP contribution in [0.25, 0.3) is 0 Å². The van der Waals surface area contributed by atoms with E-state index in [1.165, 1.54) is 0 Å². The zero-order chi connectivity index (χ0) is 11.3. The van der Waals surface area contributed by atoms with Crippen LogP contribution in [0.1, 0.15) is 33.6 Å². The van der Waals surface area contributed by atoms with Gasteiger partial charge in [0.05, 0.1) is 12.6 Å². The normalized spacial score (nSPS) is 19.7. The van der Waals surface area contributed by atoms with Gasteiger partial charge in [-0.2, -0.15) is 0 Å². The van der Waals surface area contributed by atoms with Gasteiger partial charge in [-0.15, -0.1) is 0 Å². The maximum absolute atomic E-state index is 11.5. The Morgan fingerprint density at radius 1 is 1.40 bits per heavy atom. The molecular weight excluding hydrogens is 190 g/mol. The third-order valence-electron chi connectivity index (χ3n) is 2.96. The Morgan fingerprint density at radius 2 is 2.00 bits per heavy atom. The lowest BCUT2D eigenvalue weighted by Crippen LogP contribution is -2.40. The summed E-state index contributed by atoms with van der Waals surface area (Å²) in [6.45, 7) is 9.40. The Labute approximate surface area is 92.8 Å². The quantitative estimate of drug-likeness (QED) is 0.696. The highest BCUT2D eigenvalue weighted by atomic mass is 16.5. The predicted molar refractivity (Wildman–Crippen MR) is 60.9 cm³/mol. The third kappa shape index (κ3) is 4.31. The second kappa shape index (κ2) is 6.23. The number of rotatable bonds is 5. The van der Waals surface area contributed by atoms with E-state index >= 15 is 0 Å². The average Bonchev–Trinajstić information content (AvgIpc) is 2.21. The van der Waals surface area contributed by atoms with Crippen molar-refractivity contribution in [1.82, 2.24) is 4.90 Å². The zero-order valence-corrected chi connectivity index (χ0v) is 10.2. The first-order valence-corrected chi connectivity index (χ1v) is 6.00. The summed E-state index contributed by atoms with van der Waals surface area (Å²) >= 11 is 0. The molecule has 0 aromatic rings. The summed E-state index contributed by atoms with van der Waals surface area (Å²) in [6.07, 6.45) is 2.55. The van der Waals surface area contributed by atoms with Crippen LogP contribution in [0.4, 0.5) is 0 Å². The van der Waals surface area contributed by atoms with Gasteiger partial charge in [0.1, 0.15) is 5.78 Å². The molecule has 0 bridgehead atoms. The summed E-state index contributed by atoms with van der Waals surface area (Å²) in [5, 5.41) is 0. The molecule has 0 aliphatic carbocycles. The van der Waals surface area contributed by atoms with E-state index in [9.17, 15) is 4.79 Å². The molecule has 0 atom stereocenters. The molecule has 15 heavy (non-hydrogen) atoms. The van der Waals surface area contributed by atoms with Crippen molar-refractivity contribution in [1.29, 1.82) is 0 Å². The molecule has 1 aliphatic rings.